The number of nitrogens with one attached hydrogen (secondary N) is 3. The summed E-state index contributed by atoms with van der Waals surface area (Å²) >= 11 is 0. The van der Waals surface area contributed by atoms with Crippen molar-refractivity contribution in [3.8, 4) is 22.5 Å². The van der Waals surface area contributed by atoms with E-state index in [0.717, 1.165) is 30.4 Å². The number of hydrogen-bond acceptors (Lipinski definition) is 13. The average Bonchev–Trinajstić information content (AvgIpc) is 4.32. The van der Waals surface area contributed by atoms with Crippen molar-refractivity contribution in [1.82, 2.24) is 40.0 Å². The van der Waals surface area contributed by atoms with Gasteiger partial charge in [0.15, 0.2) is 11.4 Å². The molecule has 2 atom stereocenters. The molecule has 2 saturated heterocycles. The first kappa shape index (κ1) is 53.3. The SMILES string of the molecule is Nc1ccc(-c2n[nH]c(=O)c3ccccc23)c(CO)c1.O=C(Nc1ccc(-c2n[nH]c(=O)c3ccccc23)c(CO)c1)c1nn(CC2CCOC2)c2ccc(F)cc12.O=C(O)c1nn(CC2CCOC2)c2ccc(F)cc12.[2H]CF. The van der Waals surface area contributed by atoms with Gasteiger partial charge in [-0.05, 0) is 96.8 Å². The van der Waals surface area contributed by atoms with Gasteiger partial charge in [0.2, 0.25) is 0 Å². The van der Waals surface area contributed by atoms with Crippen molar-refractivity contribution < 1.29 is 48.9 Å². The number of carbonyl (C=O) groups excluding carboxylic acids is 1. The van der Waals surface area contributed by atoms with E-state index in [0.29, 0.717) is 116 Å². The highest BCUT2D eigenvalue weighted by Crippen LogP contribution is 2.32. The lowest BCUT2D eigenvalue weighted by Crippen LogP contribution is -2.16. The van der Waals surface area contributed by atoms with Gasteiger partial charge >= 0.3 is 5.97 Å². The molecular formula is C57H53F3N10O9. The number of amides is 1. The van der Waals surface area contributed by atoms with Crippen LogP contribution in [0.4, 0.5) is 24.5 Å². The maximum atomic E-state index is 14.1. The van der Waals surface area contributed by atoms with E-state index in [1.807, 2.05) is 18.2 Å². The fourth-order valence-electron chi connectivity index (χ4n) is 9.69. The molecule has 0 aliphatic carbocycles. The molecule has 2 aliphatic heterocycles. The summed E-state index contributed by atoms with van der Waals surface area (Å²) in [4.78, 5) is 48.4. The van der Waals surface area contributed by atoms with Gasteiger partial charge in [-0.1, -0.05) is 48.5 Å². The van der Waals surface area contributed by atoms with Crippen molar-refractivity contribution in [2.75, 3.05) is 44.6 Å². The summed E-state index contributed by atoms with van der Waals surface area (Å²) in [6, 6.07) is 33.0. The van der Waals surface area contributed by atoms with Crippen LogP contribution >= 0.6 is 0 Å². The topological polar surface area (TPSA) is 278 Å². The third-order valence-electron chi connectivity index (χ3n) is 13.5. The molecule has 0 saturated carbocycles. The van der Waals surface area contributed by atoms with Gasteiger partial charge in [0, 0.05) is 82.2 Å². The van der Waals surface area contributed by atoms with Crippen LogP contribution in [0.15, 0.2) is 131 Å². The van der Waals surface area contributed by atoms with Crippen molar-refractivity contribution in [3.63, 3.8) is 0 Å². The molecule has 12 rings (SSSR count). The van der Waals surface area contributed by atoms with E-state index in [1.165, 1.54) is 24.3 Å². The average molecular weight is 1080 g/mol. The van der Waals surface area contributed by atoms with Gasteiger partial charge in [-0.2, -0.15) is 20.4 Å². The number of H-pyrrole nitrogens is 2. The van der Waals surface area contributed by atoms with Crippen LogP contribution in [-0.2, 0) is 35.8 Å². The van der Waals surface area contributed by atoms with Crippen molar-refractivity contribution in [2.45, 2.75) is 39.1 Å². The molecule has 0 spiro atoms. The number of halogens is 3. The summed E-state index contributed by atoms with van der Waals surface area (Å²) in [5.74, 6) is -1.95. The Kier molecular flexibility index (Phi) is 16.5. The standard InChI is InChI=1S/C28H24FN5O4.C15H13N3O2.C13H13FN2O3.CH3F/c29-18-5-8-24-23(12-18)26(33-34(24)13-16-9-10-38-15-16)28(37)30-19-6-7-20(17(11-19)14-35)25-21-3-1-2-4-22(21)27(36)32-31-25;16-10-5-6-11(9(7-10)8-19)14-12-3-1-2-4-13(12)15(20)18-17-14;14-9-1-2-11-10(5-9)12(13(17)18)15-16(11)6-8-3-4-19-7-8;1-2/h1-8,11-12,16,35H,9-10,13-15H2,(H,30,37)(H,32,36);1-7,19H,8,16H2,(H,18,20);1-2,5,8H,3-4,6-7H2,(H,17,18);1H3/i;;;1D. The van der Waals surface area contributed by atoms with Crippen LogP contribution in [-0.4, -0.2) is 101 Å². The van der Waals surface area contributed by atoms with Crippen molar-refractivity contribution in [2.24, 2.45) is 11.8 Å². The molecule has 0 radical (unpaired) electrons. The molecule has 10 aromatic rings. The van der Waals surface area contributed by atoms with Gasteiger partial charge in [-0.25, -0.2) is 23.8 Å². The zero-order chi connectivity index (χ0) is 56.5. The zero-order valence-corrected chi connectivity index (χ0v) is 42.2. The molecule has 1 amide bonds. The number of carbonyl (C=O) groups is 2. The van der Waals surface area contributed by atoms with E-state index in [1.54, 1.807) is 88.2 Å². The number of nitrogen functional groups attached to an aromatic ring is 1. The summed E-state index contributed by atoms with van der Waals surface area (Å²) in [5, 5.41) is 56.7. The molecule has 0 bridgehead atoms. The highest BCUT2D eigenvalue weighted by molar-refractivity contribution is 6.11. The fourth-order valence-corrected chi connectivity index (χ4v) is 9.69. The van der Waals surface area contributed by atoms with Gasteiger partial charge in [-0.15, -0.1) is 0 Å². The third kappa shape index (κ3) is 11.9. The van der Waals surface area contributed by atoms with Crippen LogP contribution in [0.1, 0.15) is 46.3 Å². The second-order valence-electron chi connectivity index (χ2n) is 18.6. The maximum Gasteiger partial charge on any atom is 0.357 e. The van der Waals surface area contributed by atoms with E-state index in [9.17, 15) is 42.6 Å². The van der Waals surface area contributed by atoms with Crippen LogP contribution in [0.5, 0.6) is 0 Å². The first-order chi connectivity index (χ1) is 38.8. The number of aliphatic hydroxyl groups excluding tert-OH is 2. The van der Waals surface area contributed by atoms with E-state index in [2.05, 4.69) is 35.9 Å². The van der Waals surface area contributed by atoms with E-state index < -0.39 is 30.7 Å². The second-order valence-corrected chi connectivity index (χ2v) is 18.6. The lowest BCUT2D eigenvalue weighted by atomic mass is 9.99. The lowest BCUT2D eigenvalue weighted by molar-refractivity contribution is 0.0691. The molecule has 2 unspecified atom stereocenters. The normalized spacial score (nSPS) is 15.0. The summed E-state index contributed by atoms with van der Waals surface area (Å²) in [6.07, 6.45) is 1.84. The Morgan fingerprint density at radius 1 is 0.671 bits per heavy atom. The van der Waals surface area contributed by atoms with Gasteiger partial charge in [0.1, 0.15) is 11.6 Å². The van der Waals surface area contributed by atoms with E-state index >= 15 is 0 Å². The van der Waals surface area contributed by atoms with Crippen LogP contribution < -0.4 is 22.2 Å². The third-order valence-corrected chi connectivity index (χ3v) is 13.5. The Morgan fingerprint density at radius 2 is 1.14 bits per heavy atom. The number of aromatic nitrogens is 8. The van der Waals surface area contributed by atoms with Gasteiger partial charge in [-0.3, -0.25) is 28.1 Å². The highest BCUT2D eigenvalue weighted by atomic mass is 19.1. The quantitative estimate of drug-likeness (QED) is 0.0604. The molecule has 19 nitrogen and oxygen atoms in total. The van der Waals surface area contributed by atoms with Crippen molar-refractivity contribution in [3.05, 3.63) is 176 Å². The largest absolute Gasteiger partial charge is 0.476 e. The number of benzene rings is 6. The lowest BCUT2D eigenvalue weighted by Gasteiger charge is -2.12. The summed E-state index contributed by atoms with van der Waals surface area (Å²) in [5.41, 5.74) is 11.2. The Labute approximate surface area is 448 Å². The van der Waals surface area contributed by atoms with Crippen LogP contribution in [0, 0.1) is 23.5 Å². The van der Waals surface area contributed by atoms with E-state index in [-0.39, 0.29) is 41.6 Å². The minimum atomic E-state index is -1.14. The number of rotatable bonds is 11. The first-order valence-electron chi connectivity index (χ1n) is 25.6. The van der Waals surface area contributed by atoms with Gasteiger partial charge < -0.3 is 35.8 Å². The predicted molar refractivity (Wildman–Crippen MR) is 291 cm³/mol. The number of aromatic carboxylic acids is 1. The number of hydrogen-bond donors (Lipinski definition) is 7. The maximum absolute atomic E-state index is 14.1. The smallest absolute Gasteiger partial charge is 0.357 e. The molecule has 2 fully saturated rings. The number of aromatic amines is 2. The van der Waals surface area contributed by atoms with Crippen molar-refractivity contribution >= 4 is 66.6 Å². The summed E-state index contributed by atoms with van der Waals surface area (Å²) < 4.78 is 57.0. The van der Waals surface area contributed by atoms with Gasteiger partial charge in [0.05, 0.1) is 68.1 Å². The van der Waals surface area contributed by atoms with Crippen LogP contribution in [0.25, 0.3) is 65.9 Å². The molecular weight excluding hydrogens is 1030 g/mol. The number of carboxylic acids is 1. The first-order valence-corrected chi connectivity index (χ1v) is 24.8. The van der Waals surface area contributed by atoms with Crippen LogP contribution in [0.2, 0.25) is 0 Å². The minimum absolute atomic E-state index is 0.103. The number of fused-ring (bicyclic) bond motifs is 4. The second kappa shape index (κ2) is 24.5. The number of nitrogens with two attached hydrogens (primary N) is 1. The summed E-state index contributed by atoms with van der Waals surface area (Å²) in [7, 11) is -1.00. The Hall–Kier alpha value is -9.09. The number of anilines is 2. The molecule has 79 heavy (non-hydrogen) atoms. The molecule has 6 aromatic carbocycles. The molecule has 22 heteroatoms. The molecule has 8 N–H and O–H groups in total. The molecule has 4 aromatic heterocycles. The highest BCUT2D eigenvalue weighted by Gasteiger charge is 2.25. The van der Waals surface area contributed by atoms with Gasteiger partial charge in [0.25, 0.3) is 17.0 Å². The number of nitrogens with zero attached hydrogens (tertiary/aromatic N) is 6. The Morgan fingerprint density at radius 3 is 1.62 bits per heavy atom. The van der Waals surface area contributed by atoms with E-state index in [4.69, 9.17) is 21.7 Å². The summed E-state index contributed by atoms with van der Waals surface area (Å²) in [6.45, 7) is 3.40. The number of carboxylic acid groups (broad SMARTS) is 1. The van der Waals surface area contributed by atoms with Crippen LogP contribution in [0.3, 0.4) is 0 Å². The number of ether oxygens (including phenoxy) is 2. The Balaban J connectivity index is 0.000000155. The molecule has 2 aliphatic rings. The predicted octanol–water partition coefficient (Wildman–Crippen LogP) is 8.02. The van der Waals surface area contributed by atoms with Crippen molar-refractivity contribution in [1.29, 1.82) is 0 Å². The molecule has 406 valence electrons. The monoisotopic (exact) mass is 1080 g/mol. The number of alkyl halides is 1. The zero-order valence-electron chi connectivity index (χ0n) is 43.2. The molecule has 6 heterocycles. The number of aliphatic hydroxyl groups is 2. The Bertz CT molecular complexity index is 4010. The minimum Gasteiger partial charge on any atom is -0.476 e. The fraction of sp³-hybridized carbons (Fsp3) is 0.228.